The summed E-state index contributed by atoms with van der Waals surface area (Å²) in [5.74, 6) is 0.653. The first-order valence-corrected chi connectivity index (χ1v) is 13.7. The summed E-state index contributed by atoms with van der Waals surface area (Å²) in [6.45, 7) is 7.94. The van der Waals surface area contributed by atoms with E-state index in [2.05, 4.69) is 17.1 Å². The monoisotopic (exact) mass is 525 g/mol. The summed E-state index contributed by atoms with van der Waals surface area (Å²) in [7, 11) is 0. The van der Waals surface area contributed by atoms with Crippen molar-refractivity contribution in [3.05, 3.63) is 47.8 Å². The number of aliphatic hydroxyl groups is 1. The summed E-state index contributed by atoms with van der Waals surface area (Å²) in [5, 5.41) is 14.4. The highest BCUT2D eigenvalue weighted by atomic mass is 19.1. The first kappa shape index (κ1) is 26.5. The highest BCUT2D eigenvalue weighted by Gasteiger charge is 2.39. The highest BCUT2D eigenvalue weighted by molar-refractivity contribution is 5.80. The zero-order chi connectivity index (χ0) is 26.9. The molecule has 1 unspecified atom stereocenters. The van der Waals surface area contributed by atoms with Gasteiger partial charge in [-0.25, -0.2) is 18.7 Å². The lowest BCUT2D eigenvalue weighted by Crippen LogP contribution is -2.39. The number of anilines is 2. The van der Waals surface area contributed by atoms with Crippen LogP contribution in [0.5, 0.6) is 5.75 Å². The van der Waals surface area contributed by atoms with Crippen molar-refractivity contribution in [3.8, 4) is 5.75 Å². The van der Waals surface area contributed by atoms with Gasteiger partial charge in [-0.3, -0.25) is 4.98 Å². The van der Waals surface area contributed by atoms with E-state index in [0.717, 1.165) is 54.7 Å². The molecular weight excluding hydrogens is 488 g/mol. The van der Waals surface area contributed by atoms with Crippen LogP contribution in [0.3, 0.4) is 0 Å². The standard InChI is InChI=1S/C29H37F2N5O2/c1-4-12-32-27-28(36-13-10-20(11-14-36)38-25-9-8-19(30)15-21(25)31)35-24-17-33-23(16-22(24)34-27)26(29(2,3)37)18-6-5-7-18/h8-9,15-18,20,26,37H,4-7,10-14H2,1-3H3,(H,32,34). The maximum absolute atomic E-state index is 14.1. The highest BCUT2D eigenvalue weighted by Crippen LogP contribution is 2.45. The second-order valence-electron chi connectivity index (χ2n) is 11.1. The number of nitrogens with zero attached hydrogens (tertiary/aromatic N) is 4. The van der Waals surface area contributed by atoms with E-state index in [1.807, 2.05) is 19.9 Å². The van der Waals surface area contributed by atoms with Crippen LogP contribution in [0.4, 0.5) is 20.4 Å². The largest absolute Gasteiger partial charge is 0.487 e. The number of aromatic nitrogens is 3. The van der Waals surface area contributed by atoms with E-state index in [0.29, 0.717) is 37.4 Å². The molecule has 3 heterocycles. The number of ether oxygens (including phenoxy) is 1. The maximum atomic E-state index is 14.1. The molecule has 3 aromatic rings. The third-order valence-electron chi connectivity index (χ3n) is 7.73. The fourth-order valence-electron chi connectivity index (χ4n) is 5.61. The van der Waals surface area contributed by atoms with Crippen molar-refractivity contribution in [3.63, 3.8) is 0 Å². The van der Waals surface area contributed by atoms with Crippen molar-refractivity contribution in [2.24, 2.45) is 5.92 Å². The Kier molecular flexibility index (Phi) is 7.66. The van der Waals surface area contributed by atoms with Crippen molar-refractivity contribution in [1.82, 2.24) is 15.0 Å². The van der Waals surface area contributed by atoms with E-state index >= 15 is 0 Å². The molecule has 9 heteroatoms. The predicted molar refractivity (Wildman–Crippen MR) is 145 cm³/mol. The van der Waals surface area contributed by atoms with Crippen LogP contribution in [0.1, 0.15) is 70.9 Å². The quantitative estimate of drug-likeness (QED) is 0.364. The molecule has 2 aromatic heterocycles. The van der Waals surface area contributed by atoms with Gasteiger partial charge in [0.25, 0.3) is 0 Å². The average molecular weight is 526 g/mol. The van der Waals surface area contributed by atoms with Gasteiger partial charge in [-0.15, -0.1) is 0 Å². The Morgan fingerprint density at radius 2 is 1.87 bits per heavy atom. The van der Waals surface area contributed by atoms with E-state index in [1.165, 1.54) is 18.6 Å². The van der Waals surface area contributed by atoms with Crippen molar-refractivity contribution in [1.29, 1.82) is 0 Å². The van der Waals surface area contributed by atoms with Crippen LogP contribution >= 0.6 is 0 Å². The van der Waals surface area contributed by atoms with Crippen LogP contribution in [0.25, 0.3) is 11.0 Å². The first-order chi connectivity index (χ1) is 18.2. The Balaban J connectivity index is 1.37. The summed E-state index contributed by atoms with van der Waals surface area (Å²) in [6, 6.07) is 5.38. The lowest BCUT2D eigenvalue weighted by atomic mass is 9.68. The Bertz CT molecular complexity index is 1270. The molecule has 0 amide bonds. The lowest BCUT2D eigenvalue weighted by Gasteiger charge is -2.40. The van der Waals surface area contributed by atoms with Crippen LogP contribution in [-0.2, 0) is 0 Å². The fourth-order valence-corrected chi connectivity index (χ4v) is 5.61. The summed E-state index contributed by atoms with van der Waals surface area (Å²) in [4.78, 5) is 16.8. The molecule has 1 saturated heterocycles. The van der Waals surface area contributed by atoms with Gasteiger partial charge in [0.05, 0.1) is 17.3 Å². The number of rotatable bonds is 9. The summed E-state index contributed by atoms with van der Waals surface area (Å²) < 4.78 is 33.1. The van der Waals surface area contributed by atoms with E-state index in [4.69, 9.17) is 19.7 Å². The number of nitrogens with one attached hydrogen (secondary N) is 1. The third kappa shape index (κ3) is 5.67. The molecular formula is C29H37F2N5O2. The zero-order valence-corrected chi connectivity index (χ0v) is 22.4. The molecule has 2 aliphatic rings. The Hall–Kier alpha value is -3.07. The molecule has 1 aliphatic heterocycles. The second-order valence-corrected chi connectivity index (χ2v) is 11.1. The predicted octanol–water partition coefficient (Wildman–Crippen LogP) is 5.83. The minimum absolute atomic E-state index is 0.0425. The van der Waals surface area contributed by atoms with Gasteiger partial charge in [-0.05, 0) is 57.2 Å². The molecule has 0 bridgehead atoms. The third-order valence-corrected chi connectivity index (χ3v) is 7.73. The van der Waals surface area contributed by atoms with Gasteiger partial charge in [0.1, 0.15) is 17.4 Å². The van der Waals surface area contributed by atoms with E-state index in [9.17, 15) is 13.9 Å². The Morgan fingerprint density at radius 3 is 2.50 bits per heavy atom. The van der Waals surface area contributed by atoms with Crippen LogP contribution in [0.15, 0.2) is 30.5 Å². The summed E-state index contributed by atoms with van der Waals surface area (Å²) in [5.41, 5.74) is 1.46. The molecule has 2 fully saturated rings. The molecule has 1 atom stereocenters. The molecule has 1 aliphatic carbocycles. The van der Waals surface area contributed by atoms with Gasteiger partial charge in [-0.2, -0.15) is 0 Å². The number of pyridine rings is 1. The minimum Gasteiger partial charge on any atom is -0.487 e. The van der Waals surface area contributed by atoms with Gasteiger partial charge in [0, 0.05) is 50.2 Å². The lowest BCUT2D eigenvalue weighted by molar-refractivity contribution is 0.00871. The van der Waals surface area contributed by atoms with Crippen LogP contribution in [0, 0.1) is 17.6 Å². The second kappa shape index (κ2) is 11.0. The minimum atomic E-state index is -0.869. The Labute approximate surface area is 222 Å². The van der Waals surface area contributed by atoms with Gasteiger partial charge in [0.2, 0.25) is 0 Å². The topological polar surface area (TPSA) is 83.4 Å². The molecule has 2 N–H and O–H groups in total. The number of benzene rings is 1. The van der Waals surface area contributed by atoms with Crippen molar-refractivity contribution in [2.45, 2.75) is 76.9 Å². The van der Waals surface area contributed by atoms with Crippen LogP contribution in [0.2, 0.25) is 0 Å². The van der Waals surface area contributed by atoms with Gasteiger partial charge in [0.15, 0.2) is 23.2 Å². The molecule has 1 saturated carbocycles. The molecule has 38 heavy (non-hydrogen) atoms. The van der Waals surface area contributed by atoms with E-state index in [1.54, 1.807) is 6.20 Å². The number of hydrogen-bond donors (Lipinski definition) is 2. The van der Waals surface area contributed by atoms with Gasteiger partial charge >= 0.3 is 0 Å². The molecule has 7 nitrogen and oxygen atoms in total. The van der Waals surface area contributed by atoms with E-state index in [-0.39, 0.29) is 17.8 Å². The number of piperidine rings is 1. The fraction of sp³-hybridized carbons (Fsp3) is 0.552. The molecule has 5 rings (SSSR count). The number of halogens is 2. The average Bonchev–Trinajstić information content (AvgIpc) is 2.85. The molecule has 0 radical (unpaired) electrons. The van der Waals surface area contributed by atoms with Crippen LogP contribution < -0.4 is 15.0 Å². The SMILES string of the molecule is CCCNc1nc2cc(C(C3CCC3)C(C)(C)O)ncc2nc1N1CCC(Oc2ccc(F)cc2F)CC1. The first-order valence-electron chi connectivity index (χ1n) is 13.7. The summed E-state index contributed by atoms with van der Waals surface area (Å²) in [6.07, 6.45) is 7.31. The van der Waals surface area contributed by atoms with Gasteiger partial charge in [-0.1, -0.05) is 13.3 Å². The normalized spacial score (nSPS) is 17.9. The molecule has 0 spiro atoms. The van der Waals surface area contributed by atoms with Crippen molar-refractivity contribution in [2.75, 3.05) is 29.9 Å². The Morgan fingerprint density at radius 1 is 1.11 bits per heavy atom. The van der Waals surface area contributed by atoms with Crippen molar-refractivity contribution >= 4 is 22.7 Å². The smallest absolute Gasteiger partial charge is 0.172 e. The van der Waals surface area contributed by atoms with Crippen molar-refractivity contribution < 1.29 is 18.6 Å². The van der Waals surface area contributed by atoms with E-state index < -0.39 is 17.2 Å². The van der Waals surface area contributed by atoms with Gasteiger partial charge < -0.3 is 20.1 Å². The molecule has 204 valence electrons. The number of fused-ring (bicyclic) bond motifs is 1. The zero-order valence-electron chi connectivity index (χ0n) is 22.4. The number of hydrogen-bond acceptors (Lipinski definition) is 7. The van der Waals surface area contributed by atoms with Crippen LogP contribution in [-0.4, -0.2) is 51.4 Å². The maximum Gasteiger partial charge on any atom is 0.172 e. The summed E-state index contributed by atoms with van der Waals surface area (Å²) >= 11 is 0. The molecule has 1 aromatic carbocycles.